The molecule has 0 fully saturated rings. The van der Waals surface area contributed by atoms with E-state index in [1.54, 1.807) is 25.1 Å². The summed E-state index contributed by atoms with van der Waals surface area (Å²) in [5, 5.41) is 7.17. The highest BCUT2D eigenvalue weighted by Crippen LogP contribution is 2.31. The van der Waals surface area contributed by atoms with E-state index in [0.29, 0.717) is 41.7 Å². The van der Waals surface area contributed by atoms with Gasteiger partial charge in [-0.15, -0.1) is 0 Å². The Labute approximate surface area is 175 Å². The van der Waals surface area contributed by atoms with Crippen LogP contribution >= 0.6 is 0 Å². The molecule has 3 aromatic rings. The van der Waals surface area contributed by atoms with Crippen LogP contribution in [0.3, 0.4) is 0 Å². The van der Waals surface area contributed by atoms with E-state index in [1.165, 1.54) is 16.9 Å². The number of hydrogen-bond donors (Lipinski definition) is 1. The van der Waals surface area contributed by atoms with Crippen molar-refractivity contribution in [2.45, 2.75) is 33.7 Å². The number of aromatic nitrogens is 2. The Morgan fingerprint density at radius 3 is 2.53 bits per heavy atom. The lowest BCUT2D eigenvalue weighted by Gasteiger charge is -2.17. The quantitative estimate of drug-likeness (QED) is 0.588. The zero-order chi connectivity index (χ0) is 21.7. The molecule has 1 heterocycles. The van der Waals surface area contributed by atoms with Gasteiger partial charge in [0.15, 0.2) is 11.5 Å². The first-order valence-corrected chi connectivity index (χ1v) is 9.96. The lowest BCUT2D eigenvalue weighted by Crippen LogP contribution is -2.27. The van der Waals surface area contributed by atoms with E-state index >= 15 is 0 Å². The molecule has 30 heavy (non-hydrogen) atoms. The molecular formula is C23H26FN3O3. The van der Waals surface area contributed by atoms with Crippen molar-refractivity contribution >= 4 is 5.91 Å². The summed E-state index contributed by atoms with van der Waals surface area (Å²) in [6, 6.07) is 11.7. The summed E-state index contributed by atoms with van der Waals surface area (Å²) in [6.07, 6.45) is 1.45. The number of nitrogens with zero attached hydrogens (tertiary/aromatic N) is 2. The third-order valence-corrected chi connectivity index (χ3v) is 4.75. The highest BCUT2D eigenvalue weighted by Gasteiger charge is 2.19. The molecule has 3 rings (SSSR count). The van der Waals surface area contributed by atoms with Crippen molar-refractivity contribution in [3.05, 3.63) is 71.3 Å². The van der Waals surface area contributed by atoms with Gasteiger partial charge in [0.2, 0.25) is 0 Å². The molecule has 0 aliphatic heterocycles. The highest BCUT2D eigenvalue weighted by molar-refractivity contribution is 5.95. The summed E-state index contributed by atoms with van der Waals surface area (Å²) < 4.78 is 26.8. The zero-order valence-corrected chi connectivity index (χ0v) is 17.6. The predicted molar refractivity (Wildman–Crippen MR) is 113 cm³/mol. The molecule has 6 nitrogen and oxygen atoms in total. The van der Waals surface area contributed by atoms with Crippen LogP contribution in [0.4, 0.5) is 4.39 Å². The monoisotopic (exact) mass is 411 g/mol. The molecule has 0 aliphatic rings. The second-order valence-electron chi connectivity index (χ2n) is 6.77. The molecule has 1 N–H and O–H groups in total. The molecule has 0 aliphatic carbocycles. The van der Waals surface area contributed by atoms with Crippen molar-refractivity contribution in [3.63, 3.8) is 0 Å². The Kier molecular flexibility index (Phi) is 6.72. The molecule has 1 aromatic heterocycles. The Balaban J connectivity index is 1.80. The summed E-state index contributed by atoms with van der Waals surface area (Å²) in [7, 11) is 0. The number of rotatable bonds is 8. The average Bonchev–Trinajstić information content (AvgIpc) is 3.11. The first kappa shape index (κ1) is 21.4. The number of amides is 1. The number of nitrogens with one attached hydrogen (secondary N) is 1. The minimum Gasteiger partial charge on any atom is -0.490 e. The molecular weight excluding hydrogens is 385 g/mol. The lowest BCUT2D eigenvalue weighted by molar-refractivity contribution is 0.0939. The molecule has 1 unspecified atom stereocenters. The summed E-state index contributed by atoms with van der Waals surface area (Å²) >= 11 is 0. The summed E-state index contributed by atoms with van der Waals surface area (Å²) in [5.41, 5.74) is 2.14. The zero-order valence-electron chi connectivity index (χ0n) is 17.6. The maximum Gasteiger partial charge on any atom is 0.255 e. The summed E-state index contributed by atoms with van der Waals surface area (Å²) in [4.78, 5) is 12.8. The second-order valence-corrected chi connectivity index (χ2v) is 6.77. The number of para-hydroxylation sites is 1. The van der Waals surface area contributed by atoms with Gasteiger partial charge in [0.25, 0.3) is 5.91 Å². The number of halogens is 1. The molecule has 0 saturated carbocycles. The fourth-order valence-electron chi connectivity index (χ4n) is 3.19. The molecule has 2 aromatic carbocycles. The van der Waals surface area contributed by atoms with Crippen LogP contribution < -0.4 is 14.8 Å². The van der Waals surface area contributed by atoms with E-state index < -0.39 is 5.82 Å². The highest BCUT2D eigenvalue weighted by atomic mass is 19.1. The molecule has 0 spiro atoms. The van der Waals surface area contributed by atoms with Gasteiger partial charge in [-0.25, -0.2) is 9.07 Å². The van der Waals surface area contributed by atoms with Crippen LogP contribution in [0.15, 0.2) is 48.7 Å². The van der Waals surface area contributed by atoms with Crippen LogP contribution in [0, 0.1) is 12.7 Å². The Bertz CT molecular complexity index is 1030. The first-order chi connectivity index (χ1) is 14.5. The van der Waals surface area contributed by atoms with E-state index in [2.05, 4.69) is 10.4 Å². The molecule has 1 amide bonds. The van der Waals surface area contributed by atoms with Crippen molar-refractivity contribution in [2.24, 2.45) is 0 Å². The van der Waals surface area contributed by atoms with Crippen molar-refractivity contribution in [3.8, 4) is 17.2 Å². The topological polar surface area (TPSA) is 65.4 Å². The molecule has 0 radical (unpaired) electrons. The summed E-state index contributed by atoms with van der Waals surface area (Å²) in [6.45, 7) is 8.50. The van der Waals surface area contributed by atoms with Crippen LogP contribution in [-0.4, -0.2) is 28.9 Å². The first-order valence-electron chi connectivity index (χ1n) is 9.96. The molecule has 7 heteroatoms. The SMILES string of the molecule is CCOc1ccc(C(C)NC(=O)c2cnn(-c3ccccc3F)c2C)cc1OCC. The molecule has 0 bridgehead atoms. The van der Waals surface area contributed by atoms with Gasteiger partial charge in [0.05, 0.1) is 36.7 Å². The van der Waals surface area contributed by atoms with Crippen molar-refractivity contribution in [1.29, 1.82) is 0 Å². The van der Waals surface area contributed by atoms with Crippen molar-refractivity contribution < 1.29 is 18.7 Å². The lowest BCUT2D eigenvalue weighted by atomic mass is 10.1. The van der Waals surface area contributed by atoms with E-state index in [0.717, 1.165) is 5.56 Å². The van der Waals surface area contributed by atoms with Crippen molar-refractivity contribution in [2.75, 3.05) is 13.2 Å². The van der Waals surface area contributed by atoms with Crippen LogP contribution in [0.1, 0.15) is 48.4 Å². The van der Waals surface area contributed by atoms with Crippen LogP contribution in [0.25, 0.3) is 5.69 Å². The number of carbonyl (C=O) groups excluding carboxylic acids is 1. The third-order valence-electron chi connectivity index (χ3n) is 4.75. The minimum atomic E-state index is -0.401. The fraction of sp³-hybridized carbons (Fsp3) is 0.304. The van der Waals surface area contributed by atoms with Crippen molar-refractivity contribution in [1.82, 2.24) is 15.1 Å². The van der Waals surface area contributed by atoms with Crippen LogP contribution in [-0.2, 0) is 0 Å². The number of benzene rings is 2. The summed E-state index contributed by atoms with van der Waals surface area (Å²) in [5.74, 6) is 0.626. The van der Waals surface area contributed by atoms with Crippen LogP contribution in [0.5, 0.6) is 11.5 Å². The Morgan fingerprint density at radius 2 is 1.83 bits per heavy atom. The maximum absolute atomic E-state index is 14.1. The van der Waals surface area contributed by atoms with E-state index in [9.17, 15) is 9.18 Å². The molecule has 158 valence electrons. The van der Waals surface area contributed by atoms with Gasteiger partial charge >= 0.3 is 0 Å². The van der Waals surface area contributed by atoms with Gasteiger partial charge in [-0.1, -0.05) is 18.2 Å². The normalized spacial score (nSPS) is 11.8. The molecule has 1 atom stereocenters. The van der Waals surface area contributed by atoms with Gasteiger partial charge in [-0.05, 0) is 57.5 Å². The van der Waals surface area contributed by atoms with Gasteiger partial charge in [0.1, 0.15) is 11.5 Å². The van der Waals surface area contributed by atoms with Crippen LogP contribution in [0.2, 0.25) is 0 Å². The second kappa shape index (κ2) is 9.43. The van der Waals surface area contributed by atoms with Gasteiger partial charge < -0.3 is 14.8 Å². The standard InChI is InChI=1S/C23H26FN3O3/c1-5-29-21-12-11-17(13-22(21)30-6-2)15(3)26-23(28)18-14-25-27(16(18)4)20-10-8-7-9-19(20)24/h7-15H,5-6H2,1-4H3,(H,26,28). The Hall–Kier alpha value is -3.35. The molecule has 0 saturated heterocycles. The largest absolute Gasteiger partial charge is 0.490 e. The van der Waals surface area contributed by atoms with Gasteiger partial charge in [0, 0.05) is 0 Å². The van der Waals surface area contributed by atoms with E-state index in [4.69, 9.17) is 9.47 Å². The smallest absolute Gasteiger partial charge is 0.255 e. The Morgan fingerprint density at radius 1 is 1.13 bits per heavy atom. The minimum absolute atomic E-state index is 0.274. The number of carbonyl (C=O) groups is 1. The van der Waals surface area contributed by atoms with Gasteiger partial charge in [-0.3, -0.25) is 4.79 Å². The van der Waals surface area contributed by atoms with E-state index in [1.807, 2.05) is 39.0 Å². The average molecular weight is 411 g/mol. The predicted octanol–water partition coefficient (Wildman–Crippen LogP) is 4.61. The number of ether oxygens (including phenoxy) is 2. The van der Waals surface area contributed by atoms with Gasteiger partial charge in [-0.2, -0.15) is 5.10 Å². The van der Waals surface area contributed by atoms with E-state index in [-0.39, 0.29) is 11.9 Å². The number of hydrogen-bond acceptors (Lipinski definition) is 4. The maximum atomic E-state index is 14.1. The fourth-order valence-corrected chi connectivity index (χ4v) is 3.19. The third kappa shape index (κ3) is 4.45.